The molecule has 19 heavy (non-hydrogen) atoms. The number of hydrogen-bond donors (Lipinski definition) is 1. The molecule has 1 aliphatic rings. The Labute approximate surface area is 125 Å². The van der Waals surface area contributed by atoms with Gasteiger partial charge in [-0.2, -0.15) is 0 Å². The Morgan fingerprint density at radius 2 is 1.89 bits per heavy atom. The van der Waals surface area contributed by atoms with Crippen LogP contribution in [0.15, 0.2) is 22.7 Å². The van der Waals surface area contributed by atoms with E-state index < -0.39 is 0 Å². The van der Waals surface area contributed by atoms with Crippen molar-refractivity contribution in [3.05, 3.63) is 22.7 Å². The SMILES string of the molecule is CC(Nc1cc(Br)ccc1N(C)C)C1CCCCC1. The molecule has 0 radical (unpaired) electrons. The summed E-state index contributed by atoms with van der Waals surface area (Å²) in [6.07, 6.45) is 6.97. The Balaban J connectivity index is 2.10. The van der Waals surface area contributed by atoms with Crippen molar-refractivity contribution < 1.29 is 0 Å². The zero-order valence-corrected chi connectivity index (χ0v) is 13.8. The van der Waals surface area contributed by atoms with Crippen molar-refractivity contribution in [2.75, 3.05) is 24.3 Å². The first kappa shape index (κ1) is 14.7. The van der Waals surface area contributed by atoms with Crippen LogP contribution >= 0.6 is 15.9 Å². The highest BCUT2D eigenvalue weighted by Crippen LogP contribution is 2.32. The summed E-state index contributed by atoms with van der Waals surface area (Å²) in [7, 11) is 4.19. The number of nitrogens with one attached hydrogen (secondary N) is 1. The molecular formula is C16H25BrN2. The van der Waals surface area contributed by atoms with Gasteiger partial charge in [-0.15, -0.1) is 0 Å². The van der Waals surface area contributed by atoms with Gasteiger partial charge in [-0.25, -0.2) is 0 Å². The lowest BCUT2D eigenvalue weighted by Gasteiger charge is -2.30. The van der Waals surface area contributed by atoms with Crippen LogP contribution in [-0.4, -0.2) is 20.1 Å². The summed E-state index contributed by atoms with van der Waals surface area (Å²) in [6, 6.07) is 7.01. The topological polar surface area (TPSA) is 15.3 Å². The van der Waals surface area contributed by atoms with Crippen LogP contribution in [0.5, 0.6) is 0 Å². The molecule has 0 saturated heterocycles. The lowest BCUT2D eigenvalue weighted by Crippen LogP contribution is -2.28. The second kappa shape index (κ2) is 6.65. The number of halogens is 1. The van der Waals surface area contributed by atoms with Crippen LogP contribution in [0.25, 0.3) is 0 Å². The van der Waals surface area contributed by atoms with Crippen molar-refractivity contribution in [1.82, 2.24) is 0 Å². The van der Waals surface area contributed by atoms with E-state index in [9.17, 15) is 0 Å². The maximum absolute atomic E-state index is 3.73. The van der Waals surface area contributed by atoms with Crippen molar-refractivity contribution in [2.24, 2.45) is 5.92 Å². The first-order valence-corrected chi connectivity index (χ1v) is 8.10. The molecule has 2 rings (SSSR count). The van der Waals surface area contributed by atoms with E-state index in [0.29, 0.717) is 6.04 Å². The third kappa shape index (κ3) is 3.88. The second-order valence-corrected chi connectivity index (χ2v) is 6.80. The molecule has 0 aliphatic heterocycles. The molecule has 0 heterocycles. The molecule has 1 aromatic carbocycles. The number of benzene rings is 1. The van der Waals surface area contributed by atoms with Crippen LogP contribution in [0.4, 0.5) is 11.4 Å². The highest BCUT2D eigenvalue weighted by atomic mass is 79.9. The number of nitrogens with zero attached hydrogens (tertiary/aromatic N) is 1. The number of anilines is 2. The molecule has 1 atom stereocenters. The van der Waals surface area contributed by atoms with E-state index in [4.69, 9.17) is 0 Å². The Morgan fingerprint density at radius 1 is 1.21 bits per heavy atom. The molecule has 0 amide bonds. The monoisotopic (exact) mass is 324 g/mol. The van der Waals surface area contributed by atoms with Gasteiger partial charge >= 0.3 is 0 Å². The van der Waals surface area contributed by atoms with E-state index in [1.54, 1.807) is 0 Å². The van der Waals surface area contributed by atoms with Crippen molar-refractivity contribution in [3.8, 4) is 0 Å². The predicted molar refractivity (Wildman–Crippen MR) is 88.1 cm³/mol. The molecule has 1 saturated carbocycles. The molecule has 2 nitrogen and oxygen atoms in total. The largest absolute Gasteiger partial charge is 0.381 e. The van der Waals surface area contributed by atoms with Gasteiger partial charge in [0.05, 0.1) is 11.4 Å². The smallest absolute Gasteiger partial charge is 0.0597 e. The summed E-state index contributed by atoms with van der Waals surface area (Å²) < 4.78 is 1.14. The Kier molecular flexibility index (Phi) is 5.14. The van der Waals surface area contributed by atoms with Crippen molar-refractivity contribution in [3.63, 3.8) is 0 Å². The highest BCUT2D eigenvalue weighted by Gasteiger charge is 2.20. The summed E-state index contributed by atoms with van der Waals surface area (Å²) in [5, 5.41) is 3.73. The van der Waals surface area contributed by atoms with Crippen molar-refractivity contribution in [1.29, 1.82) is 0 Å². The summed E-state index contributed by atoms with van der Waals surface area (Å²) in [6.45, 7) is 2.33. The summed E-state index contributed by atoms with van der Waals surface area (Å²) >= 11 is 3.57. The Bertz CT molecular complexity index is 411. The molecule has 1 fully saturated rings. The molecule has 1 N–H and O–H groups in total. The summed E-state index contributed by atoms with van der Waals surface area (Å²) in [4.78, 5) is 2.17. The first-order chi connectivity index (χ1) is 9.08. The fourth-order valence-corrected chi connectivity index (χ4v) is 3.37. The average molecular weight is 325 g/mol. The van der Waals surface area contributed by atoms with Gasteiger partial charge in [0, 0.05) is 24.6 Å². The third-order valence-corrected chi connectivity index (χ3v) is 4.67. The minimum atomic E-state index is 0.549. The van der Waals surface area contributed by atoms with Crippen LogP contribution in [0, 0.1) is 5.92 Å². The van der Waals surface area contributed by atoms with Gasteiger partial charge in [-0.3, -0.25) is 0 Å². The fourth-order valence-electron chi connectivity index (χ4n) is 3.01. The van der Waals surface area contributed by atoms with E-state index in [0.717, 1.165) is 10.4 Å². The van der Waals surface area contributed by atoms with Gasteiger partial charge in [-0.1, -0.05) is 35.2 Å². The summed E-state index contributed by atoms with van der Waals surface area (Å²) in [5.41, 5.74) is 2.49. The van der Waals surface area contributed by atoms with Crippen molar-refractivity contribution in [2.45, 2.75) is 45.1 Å². The van der Waals surface area contributed by atoms with E-state index in [1.807, 2.05) is 0 Å². The quantitative estimate of drug-likeness (QED) is 0.847. The van der Waals surface area contributed by atoms with Crippen LogP contribution in [0.1, 0.15) is 39.0 Å². The van der Waals surface area contributed by atoms with Gasteiger partial charge in [-0.05, 0) is 43.9 Å². The molecule has 1 aromatic rings. The zero-order chi connectivity index (χ0) is 13.8. The van der Waals surface area contributed by atoms with Gasteiger partial charge in [0.15, 0.2) is 0 Å². The zero-order valence-electron chi connectivity index (χ0n) is 12.2. The van der Waals surface area contributed by atoms with E-state index >= 15 is 0 Å². The second-order valence-electron chi connectivity index (χ2n) is 5.89. The Hall–Kier alpha value is -0.700. The molecule has 1 unspecified atom stereocenters. The summed E-state index contributed by atoms with van der Waals surface area (Å²) in [5.74, 6) is 0.822. The average Bonchev–Trinajstić information content (AvgIpc) is 2.39. The van der Waals surface area contributed by atoms with Crippen LogP contribution in [0.2, 0.25) is 0 Å². The molecule has 1 aliphatic carbocycles. The number of rotatable bonds is 4. The van der Waals surface area contributed by atoms with Gasteiger partial charge < -0.3 is 10.2 Å². The van der Waals surface area contributed by atoms with Crippen LogP contribution in [0.3, 0.4) is 0 Å². The minimum absolute atomic E-state index is 0.549. The first-order valence-electron chi connectivity index (χ1n) is 7.31. The van der Waals surface area contributed by atoms with E-state index in [-0.39, 0.29) is 0 Å². The Morgan fingerprint density at radius 3 is 2.53 bits per heavy atom. The third-order valence-electron chi connectivity index (χ3n) is 4.18. The van der Waals surface area contributed by atoms with Gasteiger partial charge in [0.25, 0.3) is 0 Å². The number of hydrogen-bond acceptors (Lipinski definition) is 2. The van der Waals surface area contributed by atoms with Gasteiger partial charge in [0.2, 0.25) is 0 Å². The molecule has 0 aromatic heterocycles. The molecule has 106 valence electrons. The standard InChI is InChI=1S/C16H25BrN2/c1-12(13-7-5-4-6-8-13)18-15-11-14(17)9-10-16(15)19(2)3/h9-13,18H,4-8H2,1-3H3. The van der Waals surface area contributed by atoms with Crippen LogP contribution < -0.4 is 10.2 Å². The minimum Gasteiger partial charge on any atom is -0.381 e. The molecule has 0 spiro atoms. The van der Waals surface area contributed by atoms with Gasteiger partial charge in [0.1, 0.15) is 0 Å². The van der Waals surface area contributed by atoms with E-state index in [1.165, 1.54) is 43.5 Å². The highest BCUT2D eigenvalue weighted by molar-refractivity contribution is 9.10. The van der Waals surface area contributed by atoms with Crippen LogP contribution in [-0.2, 0) is 0 Å². The predicted octanol–water partition coefficient (Wildman–Crippen LogP) is 4.90. The maximum atomic E-state index is 3.73. The molecule has 0 bridgehead atoms. The lowest BCUT2D eigenvalue weighted by atomic mass is 9.84. The molecular weight excluding hydrogens is 300 g/mol. The van der Waals surface area contributed by atoms with Crippen molar-refractivity contribution >= 4 is 27.3 Å². The lowest BCUT2D eigenvalue weighted by molar-refractivity contribution is 0.328. The molecule has 3 heteroatoms. The normalized spacial score (nSPS) is 18.1. The van der Waals surface area contributed by atoms with E-state index in [2.05, 4.69) is 65.4 Å². The maximum Gasteiger partial charge on any atom is 0.0597 e. The fraction of sp³-hybridized carbons (Fsp3) is 0.625.